The van der Waals surface area contributed by atoms with Crippen molar-refractivity contribution in [2.45, 2.75) is 6.92 Å². The van der Waals surface area contributed by atoms with Crippen molar-refractivity contribution in [1.29, 1.82) is 0 Å². The first-order chi connectivity index (χ1) is 13.5. The van der Waals surface area contributed by atoms with Gasteiger partial charge in [0.15, 0.2) is 11.6 Å². The summed E-state index contributed by atoms with van der Waals surface area (Å²) in [5.41, 5.74) is 3.38. The zero-order valence-corrected chi connectivity index (χ0v) is 17.1. The average Bonchev–Trinajstić information content (AvgIpc) is 3.24. The van der Waals surface area contributed by atoms with Crippen LogP contribution in [0.3, 0.4) is 0 Å². The molecule has 4 aromatic rings. The van der Waals surface area contributed by atoms with Gasteiger partial charge in [-0.05, 0) is 54.4 Å². The summed E-state index contributed by atoms with van der Waals surface area (Å²) >= 11 is 7.81. The number of aryl methyl sites for hydroxylation is 1. The van der Waals surface area contributed by atoms with Gasteiger partial charge in [-0.2, -0.15) is 5.10 Å². The SMILES string of the molecule is COc1ccc(-c2scc(-c3nc(-c4c(F)cccc4Cl)nn3C)c2C)cc1. The highest BCUT2D eigenvalue weighted by molar-refractivity contribution is 7.14. The second-order valence-corrected chi connectivity index (χ2v) is 7.60. The molecule has 0 aliphatic heterocycles. The van der Waals surface area contributed by atoms with Crippen LogP contribution in [0.5, 0.6) is 5.75 Å². The van der Waals surface area contributed by atoms with Gasteiger partial charge in [0.05, 0.1) is 17.7 Å². The molecule has 142 valence electrons. The van der Waals surface area contributed by atoms with E-state index >= 15 is 0 Å². The molecule has 0 atom stereocenters. The number of ether oxygens (including phenoxy) is 1. The number of hydrogen-bond donors (Lipinski definition) is 0. The van der Waals surface area contributed by atoms with E-state index in [4.69, 9.17) is 16.3 Å². The third kappa shape index (κ3) is 3.19. The molecule has 0 aliphatic rings. The number of halogens is 2. The van der Waals surface area contributed by atoms with Crippen LogP contribution in [0.4, 0.5) is 4.39 Å². The number of benzene rings is 2. The Kier molecular flexibility index (Phi) is 4.91. The van der Waals surface area contributed by atoms with Crippen molar-refractivity contribution in [3.63, 3.8) is 0 Å². The van der Waals surface area contributed by atoms with Crippen molar-refractivity contribution in [2.24, 2.45) is 7.05 Å². The minimum atomic E-state index is -0.439. The molecule has 28 heavy (non-hydrogen) atoms. The molecule has 0 saturated carbocycles. The molecule has 4 nitrogen and oxygen atoms in total. The Labute approximate surface area is 171 Å². The largest absolute Gasteiger partial charge is 0.497 e. The van der Waals surface area contributed by atoms with Crippen molar-refractivity contribution in [3.8, 4) is 39.0 Å². The Morgan fingerprint density at radius 1 is 1.14 bits per heavy atom. The second-order valence-electron chi connectivity index (χ2n) is 6.31. The highest BCUT2D eigenvalue weighted by Gasteiger charge is 2.20. The molecule has 0 fully saturated rings. The summed E-state index contributed by atoms with van der Waals surface area (Å²) in [6.45, 7) is 2.05. The van der Waals surface area contributed by atoms with Crippen molar-refractivity contribution in [3.05, 3.63) is 64.2 Å². The van der Waals surface area contributed by atoms with Gasteiger partial charge in [0, 0.05) is 22.9 Å². The average molecular weight is 414 g/mol. The van der Waals surface area contributed by atoms with Crippen LogP contribution in [-0.4, -0.2) is 21.9 Å². The smallest absolute Gasteiger partial charge is 0.186 e. The topological polar surface area (TPSA) is 39.9 Å². The molecule has 0 radical (unpaired) electrons. The molecular formula is C21H17ClFN3OS. The molecule has 2 heterocycles. The van der Waals surface area contributed by atoms with Crippen LogP contribution < -0.4 is 4.74 Å². The number of rotatable bonds is 4. The highest BCUT2D eigenvalue weighted by Crippen LogP contribution is 2.38. The number of nitrogens with zero attached hydrogens (tertiary/aromatic N) is 3. The van der Waals surface area contributed by atoms with Gasteiger partial charge < -0.3 is 4.74 Å². The molecule has 2 aromatic heterocycles. The zero-order chi connectivity index (χ0) is 19.8. The van der Waals surface area contributed by atoms with Gasteiger partial charge in [-0.25, -0.2) is 14.1 Å². The van der Waals surface area contributed by atoms with E-state index < -0.39 is 5.82 Å². The summed E-state index contributed by atoms with van der Waals surface area (Å²) in [6, 6.07) is 12.5. The minimum Gasteiger partial charge on any atom is -0.497 e. The lowest BCUT2D eigenvalue weighted by atomic mass is 10.1. The van der Waals surface area contributed by atoms with Crippen molar-refractivity contribution < 1.29 is 9.13 Å². The molecule has 0 saturated heterocycles. The summed E-state index contributed by atoms with van der Waals surface area (Å²) in [5.74, 6) is 1.32. The van der Waals surface area contributed by atoms with E-state index in [9.17, 15) is 4.39 Å². The molecule has 0 spiro atoms. The van der Waals surface area contributed by atoms with E-state index in [1.165, 1.54) is 6.07 Å². The van der Waals surface area contributed by atoms with E-state index in [0.717, 1.165) is 27.3 Å². The third-order valence-corrected chi connectivity index (χ3v) is 6.03. The zero-order valence-electron chi connectivity index (χ0n) is 15.5. The van der Waals surface area contributed by atoms with Gasteiger partial charge in [0.2, 0.25) is 0 Å². The predicted octanol–water partition coefficient (Wildman–Crippen LogP) is 5.99. The first-order valence-electron chi connectivity index (χ1n) is 8.58. The fourth-order valence-electron chi connectivity index (χ4n) is 3.10. The summed E-state index contributed by atoms with van der Waals surface area (Å²) in [6.07, 6.45) is 0. The van der Waals surface area contributed by atoms with Crippen LogP contribution in [0.1, 0.15) is 5.56 Å². The van der Waals surface area contributed by atoms with Gasteiger partial charge in [0.1, 0.15) is 11.6 Å². The Morgan fingerprint density at radius 2 is 1.89 bits per heavy atom. The van der Waals surface area contributed by atoms with Gasteiger partial charge in [-0.15, -0.1) is 11.3 Å². The molecular weight excluding hydrogens is 397 g/mol. The third-order valence-electron chi connectivity index (χ3n) is 4.58. The number of hydrogen-bond acceptors (Lipinski definition) is 4. The molecule has 7 heteroatoms. The summed E-state index contributed by atoms with van der Waals surface area (Å²) < 4.78 is 21.2. The quantitative estimate of drug-likeness (QED) is 0.412. The first kappa shape index (κ1) is 18.7. The maximum absolute atomic E-state index is 14.3. The van der Waals surface area contributed by atoms with Crippen LogP contribution >= 0.6 is 22.9 Å². The number of aromatic nitrogens is 3. The Bertz CT molecular complexity index is 1130. The fourth-order valence-corrected chi connectivity index (χ4v) is 4.42. The van der Waals surface area contributed by atoms with Gasteiger partial charge in [-0.3, -0.25) is 0 Å². The van der Waals surface area contributed by atoms with Crippen LogP contribution in [0.2, 0.25) is 5.02 Å². The molecule has 0 bridgehead atoms. The van der Waals surface area contributed by atoms with Crippen LogP contribution in [0.15, 0.2) is 47.8 Å². The molecule has 0 unspecified atom stereocenters. The minimum absolute atomic E-state index is 0.217. The first-order valence-corrected chi connectivity index (χ1v) is 9.83. The van der Waals surface area contributed by atoms with Gasteiger partial charge >= 0.3 is 0 Å². The summed E-state index contributed by atoms with van der Waals surface area (Å²) in [5, 5.41) is 6.73. The predicted molar refractivity (Wildman–Crippen MR) is 111 cm³/mol. The molecule has 2 aromatic carbocycles. The van der Waals surface area contributed by atoms with Gasteiger partial charge in [-0.1, -0.05) is 17.7 Å². The van der Waals surface area contributed by atoms with Crippen LogP contribution in [-0.2, 0) is 7.05 Å². The Hall–Kier alpha value is -2.70. The number of thiophene rings is 1. The van der Waals surface area contributed by atoms with E-state index in [1.54, 1.807) is 42.3 Å². The monoisotopic (exact) mass is 413 g/mol. The van der Waals surface area contributed by atoms with E-state index in [1.807, 2.05) is 29.6 Å². The Morgan fingerprint density at radius 3 is 2.57 bits per heavy atom. The normalized spacial score (nSPS) is 11.0. The lowest BCUT2D eigenvalue weighted by molar-refractivity contribution is 0.415. The maximum Gasteiger partial charge on any atom is 0.186 e. The van der Waals surface area contributed by atoms with E-state index in [-0.39, 0.29) is 16.4 Å². The van der Waals surface area contributed by atoms with Gasteiger partial charge in [0.25, 0.3) is 0 Å². The van der Waals surface area contributed by atoms with Crippen molar-refractivity contribution in [1.82, 2.24) is 14.8 Å². The van der Waals surface area contributed by atoms with E-state index in [2.05, 4.69) is 17.0 Å². The second kappa shape index (κ2) is 7.37. The van der Waals surface area contributed by atoms with E-state index in [0.29, 0.717) is 5.82 Å². The van der Waals surface area contributed by atoms with Crippen molar-refractivity contribution in [2.75, 3.05) is 7.11 Å². The summed E-state index contributed by atoms with van der Waals surface area (Å²) in [4.78, 5) is 5.73. The lowest BCUT2D eigenvalue weighted by Crippen LogP contribution is -1.95. The fraction of sp³-hybridized carbons (Fsp3) is 0.143. The highest BCUT2D eigenvalue weighted by atomic mass is 35.5. The number of methoxy groups -OCH3 is 1. The summed E-state index contributed by atoms with van der Waals surface area (Å²) in [7, 11) is 3.45. The van der Waals surface area contributed by atoms with Crippen LogP contribution in [0, 0.1) is 12.7 Å². The van der Waals surface area contributed by atoms with Crippen LogP contribution in [0.25, 0.3) is 33.2 Å². The Balaban J connectivity index is 1.77. The molecule has 0 N–H and O–H groups in total. The molecule has 0 amide bonds. The molecule has 0 aliphatic carbocycles. The van der Waals surface area contributed by atoms with Crippen molar-refractivity contribution >= 4 is 22.9 Å². The molecule has 4 rings (SSSR count). The lowest BCUT2D eigenvalue weighted by Gasteiger charge is -2.04. The standard InChI is InChI=1S/C21H17ClFN3OS/c1-12-15(11-28-19(12)13-7-9-14(27-3)10-8-13)21-24-20(25-26(21)2)18-16(22)5-4-6-17(18)23/h4-11H,1-3H3. The maximum atomic E-state index is 14.3.